The lowest BCUT2D eigenvalue weighted by Gasteiger charge is -2.09. The Morgan fingerprint density at radius 1 is 0.852 bits per heavy atom. The van der Waals surface area contributed by atoms with Gasteiger partial charge in [-0.3, -0.25) is 14.4 Å². The molecule has 0 aliphatic heterocycles. The molecule has 0 saturated heterocycles. The Morgan fingerprint density at radius 2 is 1.56 bits per heavy atom. The first-order chi connectivity index (χ1) is 13.0. The minimum atomic E-state index is -0.937. The van der Waals surface area contributed by atoms with Crippen molar-refractivity contribution in [2.24, 2.45) is 0 Å². The second-order valence-corrected chi connectivity index (χ2v) is 6.68. The Bertz CT molecular complexity index is 983. The molecule has 0 aliphatic carbocycles. The van der Waals surface area contributed by atoms with E-state index >= 15 is 0 Å². The molecule has 1 heterocycles. The third kappa shape index (κ3) is 5.02. The fourth-order valence-corrected chi connectivity index (χ4v) is 3.09. The molecule has 6 nitrogen and oxygen atoms in total. The largest absolute Gasteiger partial charge is 0.481 e. The number of carboxylic acid groups (broad SMARTS) is 1. The zero-order valence-electron chi connectivity index (χ0n) is 14.1. The molecule has 0 spiro atoms. The molecule has 2 aromatic carbocycles. The lowest BCUT2D eigenvalue weighted by atomic mass is 10.1. The summed E-state index contributed by atoms with van der Waals surface area (Å²) in [6, 6.07) is 16.8. The fraction of sp³-hybridized carbons (Fsp3) is 0.0500. The Kier molecular flexibility index (Phi) is 5.63. The fourth-order valence-electron chi connectivity index (χ4n) is 2.48. The number of hydrogen-bond donors (Lipinski definition) is 3. The number of rotatable bonds is 6. The van der Waals surface area contributed by atoms with E-state index < -0.39 is 5.97 Å². The molecule has 0 unspecified atom stereocenters. The molecule has 27 heavy (non-hydrogen) atoms. The van der Waals surface area contributed by atoms with Crippen molar-refractivity contribution in [3.8, 4) is 0 Å². The molecule has 3 aromatic rings. The van der Waals surface area contributed by atoms with E-state index in [0.717, 1.165) is 0 Å². The standard InChI is InChI=1S/C20H16N2O4S/c23-18(24)11-13-4-1-6-15(10-13)21-19(25)14-5-2-7-16(12-14)22-20(26)17-8-3-9-27-17/h1-10,12H,11H2,(H,21,25)(H,22,26)(H,23,24). The Balaban J connectivity index is 1.70. The molecule has 0 radical (unpaired) electrons. The van der Waals surface area contributed by atoms with Crippen LogP contribution in [0.25, 0.3) is 0 Å². The zero-order chi connectivity index (χ0) is 19.2. The van der Waals surface area contributed by atoms with Gasteiger partial charge in [-0.1, -0.05) is 24.3 Å². The van der Waals surface area contributed by atoms with Crippen LogP contribution in [0, 0.1) is 0 Å². The van der Waals surface area contributed by atoms with Gasteiger partial charge in [-0.2, -0.15) is 0 Å². The first kappa shape index (κ1) is 18.3. The molecule has 7 heteroatoms. The van der Waals surface area contributed by atoms with Crippen LogP contribution >= 0.6 is 11.3 Å². The number of carbonyl (C=O) groups excluding carboxylic acids is 2. The number of anilines is 2. The van der Waals surface area contributed by atoms with E-state index in [1.54, 1.807) is 60.7 Å². The summed E-state index contributed by atoms with van der Waals surface area (Å²) in [7, 11) is 0. The van der Waals surface area contributed by atoms with Gasteiger partial charge < -0.3 is 15.7 Å². The highest BCUT2D eigenvalue weighted by Crippen LogP contribution is 2.17. The maximum atomic E-state index is 12.5. The van der Waals surface area contributed by atoms with Crippen LogP contribution in [0.1, 0.15) is 25.6 Å². The first-order valence-electron chi connectivity index (χ1n) is 8.08. The number of benzene rings is 2. The third-order valence-corrected chi connectivity index (χ3v) is 4.54. The molecule has 3 rings (SSSR count). The Morgan fingerprint density at radius 3 is 2.26 bits per heavy atom. The number of carboxylic acids is 1. The van der Waals surface area contributed by atoms with Crippen LogP contribution in [0.15, 0.2) is 66.0 Å². The SMILES string of the molecule is O=C(O)Cc1cccc(NC(=O)c2cccc(NC(=O)c3cccs3)c2)c1. The number of hydrogen-bond acceptors (Lipinski definition) is 4. The smallest absolute Gasteiger partial charge is 0.307 e. The summed E-state index contributed by atoms with van der Waals surface area (Å²) in [6.45, 7) is 0. The Labute approximate surface area is 159 Å². The normalized spacial score (nSPS) is 10.2. The summed E-state index contributed by atoms with van der Waals surface area (Å²) in [5.41, 5.74) is 1.99. The number of aliphatic carboxylic acids is 1. The average molecular weight is 380 g/mol. The summed E-state index contributed by atoms with van der Waals surface area (Å²) < 4.78 is 0. The Hall–Kier alpha value is -3.45. The van der Waals surface area contributed by atoms with Gasteiger partial charge in [-0.05, 0) is 47.3 Å². The molecule has 3 N–H and O–H groups in total. The highest BCUT2D eigenvalue weighted by atomic mass is 32.1. The summed E-state index contributed by atoms with van der Waals surface area (Å²) in [4.78, 5) is 36.0. The average Bonchev–Trinajstić information content (AvgIpc) is 3.16. The van der Waals surface area contributed by atoms with E-state index in [2.05, 4.69) is 10.6 Å². The number of carbonyl (C=O) groups is 3. The molecule has 0 atom stereocenters. The zero-order valence-corrected chi connectivity index (χ0v) is 15.0. The lowest BCUT2D eigenvalue weighted by Crippen LogP contribution is -2.14. The van der Waals surface area contributed by atoms with E-state index in [-0.39, 0.29) is 18.2 Å². The van der Waals surface area contributed by atoms with Crippen molar-refractivity contribution in [2.45, 2.75) is 6.42 Å². The molecular formula is C20H16N2O4S. The third-order valence-electron chi connectivity index (χ3n) is 3.67. The van der Waals surface area contributed by atoms with Crippen LogP contribution < -0.4 is 10.6 Å². The monoisotopic (exact) mass is 380 g/mol. The molecule has 136 valence electrons. The van der Waals surface area contributed by atoms with Crippen LogP contribution in [0.5, 0.6) is 0 Å². The predicted octanol–water partition coefficient (Wildman–Crippen LogP) is 3.88. The first-order valence-corrected chi connectivity index (χ1v) is 8.96. The van der Waals surface area contributed by atoms with Crippen molar-refractivity contribution in [3.05, 3.63) is 82.0 Å². The summed E-state index contributed by atoms with van der Waals surface area (Å²) in [6.07, 6.45) is -0.117. The maximum absolute atomic E-state index is 12.5. The van der Waals surface area contributed by atoms with Crippen molar-refractivity contribution in [1.82, 2.24) is 0 Å². The van der Waals surface area contributed by atoms with Gasteiger partial charge >= 0.3 is 5.97 Å². The number of thiophene rings is 1. The molecule has 1 aromatic heterocycles. The van der Waals surface area contributed by atoms with Crippen molar-refractivity contribution in [3.63, 3.8) is 0 Å². The predicted molar refractivity (Wildman–Crippen MR) is 104 cm³/mol. The molecular weight excluding hydrogens is 364 g/mol. The van der Waals surface area contributed by atoms with E-state index in [0.29, 0.717) is 27.4 Å². The molecule has 2 amide bonds. The van der Waals surface area contributed by atoms with Gasteiger partial charge in [0.1, 0.15) is 0 Å². The lowest BCUT2D eigenvalue weighted by molar-refractivity contribution is -0.136. The van der Waals surface area contributed by atoms with Crippen LogP contribution in [0.2, 0.25) is 0 Å². The van der Waals surface area contributed by atoms with Gasteiger partial charge in [-0.25, -0.2) is 0 Å². The highest BCUT2D eigenvalue weighted by Gasteiger charge is 2.11. The molecule has 0 saturated carbocycles. The van der Waals surface area contributed by atoms with Crippen molar-refractivity contribution < 1.29 is 19.5 Å². The second-order valence-electron chi connectivity index (χ2n) is 5.74. The van der Waals surface area contributed by atoms with E-state index in [9.17, 15) is 14.4 Å². The molecule has 0 aliphatic rings. The second kappa shape index (κ2) is 8.29. The van der Waals surface area contributed by atoms with Crippen LogP contribution in [0.4, 0.5) is 11.4 Å². The van der Waals surface area contributed by atoms with Crippen molar-refractivity contribution >= 4 is 40.5 Å². The van der Waals surface area contributed by atoms with Crippen LogP contribution in [0.3, 0.4) is 0 Å². The maximum Gasteiger partial charge on any atom is 0.307 e. The summed E-state index contributed by atoms with van der Waals surface area (Å²) >= 11 is 1.33. The van der Waals surface area contributed by atoms with Gasteiger partial charge in [-0.15, -0.1) is 11.3 Å². The van der Waals surface area contributed by atoms with Gasteiger partial charge in [0, 0.05) is 16.9 Å². The van der Waals surface area contributed by atoms with E-state index in [1.165, 1.54) is 11.3 Å². The minimum Gasteiger partial charge on any atom is -0.481 e. The molecule has 0 bridgehead atoms. The van der Waals surface area contributed by atoms with E-state index in [4.69, 9.17) is 5.11 Å². The highest BCUT2D eigenvalue weighted by molar-refractivity contribution is 7.12. The molecule has 0 fully saturated rings. The minimum absolute atomic E-state index is 0.117. The number of amides is 2. The number of nitrogens with one attached hydrogen (secondary N) is 2. The van der Waals surface area contributed by atoms with Crippen molar-refractivity contribution in [1.29, 1.82) is 0 Å². The van der Waals surface area contributed by atoms with Gasteiger partial charge in [0.05, 0.1) is 11.3 Å². The van der Waals surface area contributed by atoms with Crippen molar-refractivity contribution in [2.75, 3.05) is 10.6 Å². The summed E-state index contributed by atoms with van der Waals surface area (Å²) in [5.74, 6) is -1.52. The van der Waals surface area contributed by atoms with E-state index in [1.807, 2.05) is 5.38 Å². The van der Waals surface area contributed by atoms with Gasteiger partial charge in [0.25, 0.3) is 11.8 Å². The van der Waals surface area contributed by atoms with Gasteiger partial charge in [0.15, 0.2) is 0 Å². The summed E-state index contributed by atoms with van der Waals surface area (Å²) in [5, 5.41) is 16.2. The van der Waals surface area contributed by atoms with Crippen LogP contribution in [-0.2, 0) is 11.2 Å². The van der Waals surface area contributed by atoms with Crippen LogP contribution in [-0.4, -0.2) is 22.9 Å². The van der Waals surface area contributed by atoms with Gasteiger partial charge in [0.2, 0.25) is 0 Å². The topological polar surface area (TPSA) is 95.5 Å². The quantitative estimate of drug-likeness (QED) is 0.605.